The van der Waals surface area contributed by atoms with Crippen molar-refractivity contribution in [3.8, 4) is 0 Å². The van der Waals surface area contributed by atoms with Gasteiger partial charge in [0.2, 0.25) is 11.8 Å². The number of rotatable bonds is 10. The number of carboxylic acids is 1. The van der Waals surface area contributed by atoms with Crippen molar-refractivity contribution >= 4 is 17.8 Å². The molecule has 1 heterocycles. The second-order valence-electron chi connectivity index (χ2n) is 8.68. The van der Waals surface area contributed by atoms with Crippen LogP contribution in [0, 0.1) is 11.8 Å². The van der Waals surface area contributed by atoms with E-state index in [-0.39, 0.29) is 42.4 Å². The lowest BCUT2D eigenvalue weighted by Gasteiger charge is -2.43. The van der Waals surface area contributed by atoms with Crippen molar-refractivity contribution in [2.24, 2.45) is 11.8 Å². The Morgan fingerprint density at radius 1 is 1.33 bits per heavy atom. The fourth-order valence-corrected chi connectivity index (χ4v) is 4.38. The van der Waals surface area contributed by atoms with E-state index in [1.54, 1.807) is 0 Å². The van der Waals surface area contributed by atoms with E-state index < -0.39 is 5.97 Å². The second kappa shape index (κ2) is 8.59. The zero-order valence-electron chi connectivity index (χ0n) is 16.5. The molecule has 152 valence electrons. The first-order valence-corrected chi connectivity index (χ1v) is 10.4. The van der Waals surface area contributed by atoms with Gasteiger partial charge in [-0.15, -0.1) is 0 Å². The normalized spacial score (nSPS) is 28.9. The van der Waals surface area contributed by atoms with Crippen LogP contribution >= 0.6 is 0 Å². The number of likely N-dealkylation sites (tertiary alicyclic amines) is 1. The molecule has 2 atom stereocenters. The summed E-state index contributed by atoms with van der Waals surface area (Å²) in [5, 5.41) is 12.2. The van der Waals surface area contributed by atoms with Gasteiger partial charge in [-0.1, -0.05) is 13.3 Å². The van der Waals surface area contributed by atoms with Crippen LogP contribution in [0.25, 0.3) is 0 Å². The van der Waals surface area contributed by atoms with Crippen LogP contribution in [-0.2, 0) is 14.4 Å². The summed E-state index contributed by atoms with van der Waals surface area (Å²) in [4.78, 5) is 39.8. The minimum atomic E-state index is -0.783. The van der Waals surface area contributed by atoms with Crippen molar-refractivity contribution in [1.82, 2.24) is 15.1 Å². The molecule has 0 aromatic rings. The number of amides is 2. The third kappa shape index (κ3) is 5.21. The largest absolute Gasteiger partial charge is 0.480 e. The molecule has 0 aromatic carbocycles. The van der Waals surface area contributed by atoms with Gasteiger partial charge in [0.15, 0.2) is 0 Å². The first kappa shape index (κ1) is 20.1. The second-order valence-corrected chi connectivity index (χ2v) is 8.68. The third-order valence-electron chi connectivity index (χ3n) is 6.27. The minimum absolute atomic E-state index is 0.0232. The van der Waals surface area contributed by atoms with Gasteiger partial charge >= 0.3 is 5.97 Å². The van der Waals surface area contributed by atoms with Gasteiger partial charge in [-0.05, 0) is 44.9 Å². The zero-order valence-corrected chi connectivity index (χ0v) is 16.5. The van der Waals surface area contributed by atoms with Crippen LogP contribution in [0.5, 0.6) is 0 Å². The topological polar surface area (TPSA) is 90.0 Å². The van der Waals surface area contributed by atoms with Gasteiger partial charge in [0.25, 0.3) is 0 Å². The molecule has 2 unspecified atom stereocenters. The van der Waals surface area contributed by atoms with E-state index in [1.165, 1.54) is 12.8 Å². The number of aliphatic carboxylic acids is 1. The van der Waals surface area contributed by atoms with Gasteiger partial charge in [-0.25, -0.2) is 0 Å². The summed E-state index contributed by atoms with van der Waals surface area (Å²) in [6.45, 7) is 5.62. The van der Waals surface area contributed by atoms with Crippen molar-refractivity contribution in [3.05, 3.63) is 0 Å². The van der Waals surface area contributed by atoms with Gasteiger partial charge in [-0.3, -0.25) is 19.3 Å². The number of hydrogen-bond donors (Lipinski definition) is 2. The van der Waals surface area contributed by atoms with Crippen LogP contribution < -0.4 is 5.32 Å². The lowest BCUT2D eigenvalue weighted by atomic mass is 9.84. The Morgan fingerprint density at radius 2 is 2.04 bits per heavy atom. The van der Waals surface area contributed by atoms with Crippen LogP contribution in [0.1, 0.15) is 58.8 Å². The first-order chi connectivity index (χ1) is 12.9. The molecular formula is C20H33N3O4. The Balaban J connectivity index is 1.43. The van der Waals surface area contributed by atoms with Crippen molar-refractivity contribution in [1.29, 1.82) is 0 Å². The Morgan fingerprint density at radius 3 is 2.63 bits per heavy atom. The minimum Gasteiger partial charge on any atom is -0.480 e. The van der Waals surface area contributed by atoms with Gasteiger partial charge in [0.05, 0.1) is 12.5 Å². The van der Waals surface area contributed by atoms with Crippen molar-refractivity contribution in [3.63, 3.8) is 0 Å². The maximum absolute atomic E-state index is 12.6. The summed E-state index contributed by atoms with van der Waals surface area (Å²) in [6, 6.07) is 0.550. The molecule has 2 amide bonds. The number of carboxylic acid groups (broad SMARTS) is 1. The average Bonchev–Trinajstić information content (AvgIpc) is 3.28. The highest BCUT2D eigenvalue weighted by molar-refractivity contribution is 5.89. The van der Waals surface area contributed by atoms with Gasteiger partial charge < -0.3 is 15.3 Å². The highest BCUT2D eigenvalue weighted by Gasteiger charge is 2.41. The molecule has 7 heteroatoms. The molecule has 3 aliphatic rings. The molecular weight excluding hydrogens is 346 g/mol. The third-order valence-corrected chi connectivity index (χ3v) is 6.27. The van der Waals surface area contributed by atoms with E-state index in [0.29, 0.717) is 18.9 Å². The summed E-state index contributed by atoms with van der Waals surface area (Å²) < 4.78 is 0. The molecule has 2 saturated carbocycles. The van der Waals surface area contributed by atoms with Crippen LogP contribution in [0.4, 0.5) is 0 Å². The van der Waals surface area contributed by atoms with E-state index in [4.69, 9.17) is 5.11 Å². The number of hydrogen-bond acceptors (Lipinski definition) is 4. The molecule has 3 rings (SSSR count). The van der Waals surface area contributed by atoms with Gasteiger partial charge in [0, 0.05) is 37.6 Å². The Kier molecular flexibility index (Phi) is 6.40. The lowest BCUT2D eigenvalue weighted by molar-refractivity contribution is -0.140. The molecule has 2 aliphatic carbocycles. The summed E-state index contributed by atoms with van der Waals surface area (Å²) in [7, 11) is 0. The van der Waals surface area contributed by atoms with Crippen LogP contribution in [0.2, 0.25) is 0 Å². The van der Waals surface area contributed by atoms with E-state index >= 15 is 0 Å². The quantitative estimate of drug-likeness (QED) is 0.600. The van der Waals surface area contributed by atoms with Gasteiger partial charge in [0.1, 0.15) is 0 Å². The van der Waals surface area contributed by atoms with E-state index in [2.05, 4.69) is 24.1 Å². The predicted molar refractivity (Wildman–Crippen MR) is 101 cm³/mol. The highest BCUT2D eigenvalue weighted by Crippen LogP contribution is 2.34. The smallest absolute Gasteiger partial charge is 0.317 e. The summed E-state index contributed by atoms with van der Waals surface area (Å²) >= 11 is 0. The standard InChI is InChI=1S/C20H33N3O4/c1-3-4-13(2)23-11-15(7-18(23)24)20(27)21-16-8-17(9-16)22(12-19(25)26)10-14-5-6-14/h13-17H,3-12H2,1-2H3,(H,21,27)(H,25,26). The van der Waals surface area contributed by atoms with Crippen molar-refractivity contribution < 1.29 is 19.5 Å². The number of nitrogens with one attached hydrogen (secondary N) is 1. The monoisotopic (exact) mass is 379 g/mol. The van der Waals surface area contributed by atoms with E-state index in [1.807, 2.05) is 4.90 Å². The highest BCUT2D eigenvalue weighted by atomic mass is 16.4. The number of nitrogens with zero attached hydrogens (tertiary/aromatic N) is 2. The van der Waals surface area contributed by atoms with Crippen LogP contribution in [0.15, 0.2) is 0 Å². The number of carbonyl (C=O) groups excluding carboxylic acids is 2. The van der Waals surface area contributed by atoms with Crippen LogP contribution in [0.3, 0.4) is 0 Å². The zero-order chi connectivity index (χ0) is 19.6. The fourth-order valence-electron chi connectivity index (χ4n) is 4.38. The number of carbonyl (C=O) groups is 3. The molecule has 1 saturated heterocycles. The van der Waals surface area contributed by atoms with Crippen LogP contribution in [-0.4, -0.2) is 70.4 Å². The SMILES string of the molecule is CCCC(C)N1CC(C(=O)NC2CC(N(CC(=O)O)CC3CC3)C2)CC1=O. The maximum atomic E-state index is 12.6. The predicted octanol–water partition coefficient (Wildman–Crippen LogP) is 1.47. The summed E-state index contributed by atoms with van der Waals surface area (Å²) in [6.07, 6.45) is 6.31. The molecule has 27 heavy (non-hydrogen) atoms. The Labute approximate surface area is 161 Å². The Hall–Kier alpha value is -1.63. The summed E-state index contributed by atoms with van der Waals surface area (Å²) in [5.41, 5.74) is 0. The first-order valence-electron chi connectivity index (χ1n) is 10.4. The molecule has 7 nitrogen and oxygen atoms in total. The molecule has 1 aliphatic heterocycles. The fraction of sp³-hybridized carbons (Fsp3) is 0.850. The Bertz CT molecular complexity index is 572. The lowest BCUT2D eigenvalue weighted by Crippen LogP contribution is -2.56. The van der Waals surface area contributed by atoms with Crippen molar-refractivity contribution in [2.45, 2.75) is 76.9 Å². The molecule has 0 radical (unpaired) electrons. The van der Waals surface area contributed by atoms with Crippen molar-refractivity contribution in [2.75, 3.05) is 19.6 Å². The molecule has 0 spiro atoms. The van der Waals surface area contributed by atoms with E-state index in [0.717, 1.165) is 32.2 Å². The summed E-state index contributed by atoms with van der Waals surface area (Å²) in [5.74, 6) is -0.324. The molecule has 0 aromatic heterocycles. The molecule has 3 fully saturated rings. The average molecular weight is 380 g/mol. The molecule has 0 bridgehead atoms. The maximum Gasteiger partial charge on any atom is 0.317 e. The van der Waals surface area contributed by atoms with E-state index in [9.17, 15) is 14.4 Å². The van der Waals surface area contributed by atoms with Gasteiger partial charge in [-0.2, -0.15) is 0 Å². The molecule has 2 N–H and O–H groups in total.